The molecule has 2 unspecified atom stereocenters. The number of rotatable bonds is 3. The molecule has 1 N–H and O–H groups in total. The average Bonchev–Trinajstić information content (AvgIpc) is 3.26. The Morgan fingerprint density at radius 2 is 1.92 bits per heavy atom. The molecule has 2 atom stereocenters. The van der Waals surface area contributed by atoms with Crippen LogP contribution in [0.15, 0.2) is 54.9 Å². The van der Waals surface area contributed by atoms with E-state index < -0.39 is 11.9 Å². The van der Waals surface area contributed by atoms with Gasteiger partial charge in [-0.05, 0) is 30.2 Å². The highest BCUT2D eigenvalue weighted by molar-refractivity contribution is 5.93. The number of pyridine rings is 1. The highest BCUT2D eigenvalue weighted by Crippen LogP contribution is 2.33. The van der Waals surface area contributed by atoms with Crippen molar-refractivity contribution in [1.29, 1.82) is 0 Å². The lowest BCUT2D eigenvalue weighted by Gasteiger charge is -2.15. The molecule has 2 aromatic heterocycles. The van der Waals surface area contributed by atoms with Crippen LogP contribution in [0.2, 0.25) is 0 Å². The lowest BCUT2D eigenvalue weighted by Crippen LogP contribution is -2.30. The molecule has 3 heterocycles. The zero-order valence-electron chi connectivity index (χ0n) is 14.4. The van der Waals surface area contributed by atoms with Gasteiger partial charge in [0.2, 0.25) is 0 Å². The Hall–Kier alpha value is -3.15. The van der Waals surface area contributed by atoms with Crippen LogP contribution in [0.4, 0.5) is 0 Å². The van der Waals surface area contributed by atoms with Gasteiger partial charge in [0.15, 0.2) is 0 Å². The van der Waals surface area contributed by atoms with Crippen molar-refractivity contribution >= 4 is 17.5 Å². The second-order valence-corrected chi connectivity index (χ2v) is 6.77. The van der Waals surface area contributed by atoms with Gasteiger partial charge in [-0.1, -0.05) is 30.3 Å². The first-order chi connectivity index (χ1) is 12.5. The average molecular weight is 349 g/mol. The summed E-state index contributed by atoms with van der Waals surface area (Å²) in [5, 5.41) is 9.60. The number of aryl methyl sites for hydroxylation is 1. The molecule has 132 valence electrons. The van der Waals surface area contributed by atoms with Gasteiger partial charge in [0.1, 0.15) is 11.3 Å². The van der Waals surface area contributed by atoms with Crippen molar-refractivity contribution in [2.75, 3.05) is 13.1 Å². The van der Waals surface area contributed by atoms with Gasteiger partial charge in [-0.15, -0.1) is 0 Å². The number of aromatic nitrogens is 2. The molecule has 6 heteroatoms. The van der Waals surface area contributed by atoms with Gasteiger partial charge in [-0.25, -0.2) is 4.98 Å². The van der Waals surface area contributed by atoms with E-state index in [1.807, 2.05) is 55.6 Å². The summed E-state index contributed by atoms with van der Waals surface area (Å²) in [7, 11) is 0. The zero-order chi connectivity index (χ0) is 18.3. The number of carboxylic acid groups (broad SMARTS) is 1. The molecule has 1 aromatic carbocycles. The second-order valence-electron chi connectivity index (χ2n) is 6.77. The maximum Gasteiger partial charge on any atom is 0.308 e. The first-order valence-electron chi connectivity index (χ1n) is 8.55. The minimum Gasteiger partial charge on any atom is -0.481 e. The number of carbonyl (C=O) groups excluding carboxylic acids is 1. The van der Waals surface area contributed by atoms with E-state index in [4.69, 9.17) is 0 Å². The molecule has 0 saturated carbocycles. The van der Waals surface area contributed by atoms with Gasteiger partial charge >= 0.3 is 5.97 Å². The number of carboxylic acids is 1. The Morgan fingerprint density at radius 3 is 2.65 bits per heavy atom. The van der Waals surface area contributed by atoms with Crippen molar-refractivity contribution in [1.82, 2.24) is 14.3 Å². The maximum absolute atomic E-state index is 12.9. The summed E-state index contributed by atoms with van der Waals surface area (Å²) in [5.74, 6) is -1.92. The molecule has 0 radical (unpaired) electrons. The van der Waals surface area contributed by atoms with E-state index in [9.17, 15) is 14.7 Å². The summed E-state index contributed by atoms with van der Waals surface area (Å²) in [6, 6.07) is 13.4. The molecule has 0 bridgehead atoms. The van der Waals surface area contributed by atoms with E-state index in [2.05, 4.69) is 4.98 Å². The molecule has 1 aliphatic heterocycles. The molecule has 0 aliphatic carbocycles. The fraction of sp³-hybridized carbons (Fsp3) is 0.250. The molecule has 1 fully saturated rings. The van der Waals surface area contributed by atoms with Crippen LogP contribution in [0.1, 0.15) is 27.5 Å². The topological polar surface area (TPSA) is 74.9 Å². The van der Waals surface area contributed by atoms with E-state index in [1.54, 1.807) is 15.5 Å². The quantitative estimate of drug-likeness (QED) is 0.789. The Bertz CT molecular complexity index is 980. The van der Waals surface area contributed by atoms with Crippen molar-refractivity contribution in [3.63, 3.8) is 0 Å². The number of hydrogen-bond donors (Lipinski definition) is 1. The predicted octanol–water partition coefficient (Wildman–Crippen LogP) is 2.58. The SMILES string of the molecule is Cc1ccn2cc(C(=O)N3CC(C(=O)O)C(c4ccccc4)C3)nc2c1. The van der Waals surface area contributed by atoms with Crippen molar-refractivity contribution in [2.24, 2.45) is 5.92 Å². The maximum atomic E-state index is 12.9. The van der Waals surface area contributed by atoms with Crippen LogP contribution in [0.5, 0.6) is 0 Å². The van der Waals surface area contributed by atoms with Crippen molar-refractivity contribution < 1.29 is 14.7 Å². The highest BCUT2D eigenvalue weighted by Gasteiger charge is 2.41. The van der Waals surface area contributed by atoms with Gasteiger partial charge in [0.25, 0.3) is 5.91 Å². The minimum atomic E-state index is -0.875. The molecule has 0 spiro atoms. The Balaban J connectivity index is 1.62. The largest absolute Gasteiger partial charge is 0.481 e. The molecule has 4 rings (SSSR count). The summed E-state index contributed by atoms with van der Waals surface area (Å²) in [5.41, 5.74) is 3.06. The van der Waals surface area contributed by atoms with Gasteiger partial charge < -0.3 is 14.4 Å². The van der Waals surface area contributed by atoms with Gasteiger partial charge in [0, 0.05) is 31.4 Å². The summed E-state index contributed by atoms with van der Waals surface area (Å²) < 4.78 is 1.81. The first kappa shape index (κ1) is 16.3. The molecular weight excluding hydrogens is 330 g/mol. The molecular formula is C20H19N3O3. The monoisotopic (exact) mass is 349 g/mol. The van der Waals surface area contributed by atoms with Crippen molar-refractivity contribution in [3.8, 4) is 0 Å². The second kappa shape index (κ2) is 6.29. The Kier molecular flexibility index (Phi) is 3.95. The fourth-order valence-electron chi connectivity index (χ4n) is 3.61. The standard InChI is InChI=1S/C20H19N3O3/c1-13-7-8-22-12-17(21-18(22)9-13)19(24)23-10-15(16(11-23)20(25)26)14-5-3-2-4-6-14/h2-9,12,15-16H,10-11H2,1H3,(H,25,26). The number of fused-ring (bicyclic) bond motifs is 1. The predicted molar refractivity (Wildman–Crippen MR) is 96.1 cm³/mol. The third kappa shape index (κ3) is 2.83. The highest BCUT2D eigenvalue weighted by atomic mass is 16.4. The number of carbonyl (C=O) groups is 2. The molecule has 6 nitrogen and oxygen atoms in total. The molecule has 1 amide bonds. The number of imidazole rings is 1. The summed E-state index contributed by atoms with van der Waals surface area (Å²) in [6.07, 6.45) is 3.56. The fourth-order valence-corrected chi connectivity index (χ4v) is 3.61. The molecule has 26 heavy (non-hydrogen) atoms. The molecule has 1 aliphatic rings. The number of nitrogens with zero attached hydrogens (tertiary/aromatic N) is 3. The van der Waals surface area contributed by atoms with E-state index in [-0.39, 0.29) is 18.4 Å². The van der Waals surface area contributed by atoms with Crippen molar-refractivity contribution in [2.45, 2.75) is 12.8 Å². The number of aliphatic carboxylic acids is 1. The lowest BCUT2D eigenvalue weighted by atomic mass is 9.89. The van der Waals surface area contributed by atoms with Crippen LogP contribution < -0.4 is 0 Å². The third-order valence-corrected chi connectivity index (χ3v) is 4.99. The number of amides is 1. The Morgan fingerprint density at radius 1 is 1.15 bits per heavy atom. The lowest BCUT2D eigenvalue weighted by molar-refractivity contribution is -0.141. The molecule has 3 aromatic rings. The minimum absolute atomic E-state index is 0.195. The van der Waals surface area contributed by atoms with Gasteiger partial charge in [0.05, 0.1) is 5.92 Å². The summed E-state index contributed by atoms with van der Waals surface area (Å²) >= 11 is 0. The molecule has 1 saturated heterocycles. The smallest absolute Gasteiger partial charge is 0.308 e. The van der Waals surface area contributed by atoms with Crippen LogP contribution in [-0.4, -0.2) is 44.4 Å². The van der Waals surface area contributed by atoms with E-state index in [0.29, 0.717) is 17.9 Å². The first-order valence-corrected chi connectivity index (χ1v) is 8.55. The normalized spacial score (nSPS) is 19.8. The van der Waals surface area contributed by atoms with Crippen LogP contribution in [0.3, 0.4) is 0 Å². The van der Waals surface area contributed by atoms with E-state index in [0.717, 1.165) is 11.1 Å². The van der Waals surface area contributed by atoms with Gasteiger partial charge in [-0.2, -0.15) is 0 Å². The van der Waals surface area contributed by atoms with Crippen LogP contribution in [0, 0.1) is 12.8 Å². The number of benzene rings is 1. The third-order valence-electron chi connectivity index (χ3n) is 4.99. The van der Waals surface area contributed by atoms with Crippen LogP contribution in [-0.2, 0) is 4.79 Å². The Labute approximate surface area is 150 Å². The van der Waals surface area contributed by atoms with Crippen molar-refractivity contribution in [3.05, 3.63) is 71.7 Å². The van der Waals surface area contributed by atoms with Crippen LogP contribution >= 0.6 is 0 Å². The van der Waals surface area contributed by atoms with Gasteiger partial charge in [-0.3, -0.25) is 9.59 Å². The number of likely N-dealkylation sites (tertiary alicyclic amines) is 1. The van der Waals surface area contributed by atoms with Crippen LogP contribution in [0.25, 0.3) is 5.65 Å². The van der Waals surface area contributed by atoms with E-state index >= 15 is 0 Å². The zero-order valence-corrected chi connectivity index (χ0v) is 14.4. The number of hydrogen-bond acceptors (Lipinski definition) is 3. The summed E-state index contributed by atoms with van der Waals surface area (Å²) in [6.45, 7) is 2.55. The summed E-state index contributed by atoms with van der Waals surface area (Å²) in [4.78, 5) is 30.6. The van der Waals surface area contributed by atoms with E-state index in [1.165, 1.54) is 0 Å².